The Morgan fingerprint density at radius 3 is 2.50 bits per heavy atom. The lowest BCUT2D eigenvalue weighted by molar-refractivity contribution is 0.0689. The highest BCUT2D eigenvalue weighted by Crippen LogP contribution is 2.20. The van der Waals surface area contributed by atoms with Gasteiger partial charge >= 0.3 is 5.97 Å². The standard InChI is InChI=1S/C11H19N3O2/c1-5-8-9(10(15)16)12-13-14(8)7-6-11(2,3)4/h5-7H2,1-4H3,(H,15,16). The molecule has 0 radical (unpaired) electrons. The average molecular weight is 225 g/mol. The van der Waals surface area contributed by atoms with E-state index in [1.54, 1.807) is 4.68 Å². The molecule has 0 aliphatic heterocycles. The van der Waals surface area contributed by atoms with Crippen LogP contribution in [0, 0.1) is 5.41 Å². The number of rotatable bonds is 4. The van der Waals surface area contributed by atoms with E-state index in [0.717, 1.165) is 6.42 Å². The fraction of sp³-hybridized carbons (Fsp3) is 0.727. The lowest BCUT2D eigenvalue weighted by atomic mass is 9.92. The van der Waals surface area contributed by atoms with Gasteiger partial charge in [0.2, 0.25) is 0 Å². The summed E-state index contributed by atoms with van der Waals surface area (Å²) in [7, 11) is 0. The molecule has 1 aromatic rings. The van der Waals surface area contributed by atoms with Gasteiger partial charge in [-0.05, 0) is 18.3 Å². The Morgan fingerprint density at radius 2 is 2.06 bits per heavy atom. The molecular weight excluding hydrogens is 206 g/mol. The van der Waals surface area contributed by atoms with Crippen LogP contribution < -0.4 is 0 Å². The summed E-state index contributed by atoms with van der Waals surface area (Å²) in [6.45, 7) is 9.07. The van der Waals surface area contributed by atoms with Crippen molar-refractivity contribution in [1.82, 2.24) is 15.0 Å². The van der Waals surface area contributed by atoms with Crippen LogP contribution in [0.2, 0.25) is 0 Å². The van der Waals surface area contributed by atoms with Gasteiger partial charge in [0.1, 0.15) is 0 Å². The van der Waals surface area contributed by atoms with Crippen molar-refractivity contribution in [2.45, 2.75) is 47.1 Å². The summed E-state index contributed by atoms with van der Waals surface area (Å²) < 4.78 is 1.70. The number of carbonyl (C=O) groups is 1. The van der Waals surface area contributed by atoms with Crippen molar-refractivity contribution in [3.63, 3.8) is 0 Å². The van der Waals surface area contributed by atoms with E-state index in [1.807, 2.05) is 6.92 Å². The second-order valence-electron chi connectivity index (χ2n) is 5.08. The van der Waals surface area contributed by atoms with Crippen molar-refractivity contribution in [2.24, 2.45) is 5.41 Å². The number of carboxylic acid groups (broad SMARTS) is 1. The molecule has 5 nitrogen and oxygen atoms in total. The highest BCUT2D eigenvalue weighted by atomic mass is 16.4. The summed E-state index contributed by atoms with van der Waals surface area (Å²) in [5.74, 6) is -1.00. The van der Waals surface area contributed by atoms with Crippen LogP contribution >= 0.6 is 0 Å². The van der Waals surface area contributed by atoms with Crippen LogP contribution in [0.25, 0.3) is 0 Å². The van der Waals surface area contributed by atoms with Crippen LogP contribution in [0.15, 0.2) is 0 Å². The Labute approximate surface area is 95.5 Å². The third kappa shape index (κ3) is 3.05. The molecule has 0 spiro atoms. The van der Waals surface area contributed by atoms with Gasteiger partial charge in [-0.2, -0.15) is 0 Å². The lowest BCUT2D eigenvalue weighted by Crippen LogP contribution is -2.13. The van der Waals surface area contributed by atoms with E-state index in [9.17, 15) is 4.79 Å². The molecule has 0 saturated heterocycles. The SMILES string of the molecule is CCc1c(C(=O)O)nnn1CCC(C)(C)C. The largest absolute Gasteiger partial charge is 0.476 e. The van der Waals surface area contributed by atoms with E-state index >= 15 is 0 Å². The number of aryl methyl sites for hydroxylation is 1. The summed E-state index contributed by atoms with van der Waals surface area (Å²) in [5, 5.41) is 16.5. The Balaban J connectivity index is 2.85. The molecule has 0 aromatic carbocycles. The molecule has 0 atom stereocenters. The van der Waals surface area contributed by atoms with Gasteiger partial charge in [0.05, 0.1) is 5.69 Å². The first-order valence-corrected chi connectivity index (χ1v) is 5.51. The van der Waals surface area contributed by atoms with E-state index in [0.29, 0.717) is 18.7 Å². The quantitative estimate of drug-likeness (QED) is 0.850. The number of carboxylic acids is 1. The van der Waals surface area contributed by atoms with Crippen LogP contribution in [-0.2, 0) is 13.0 Å². The minimum atomic E-state index is -1.00. The van der Waals surface area contributed by atoms with Gasteiger partial charge in [-0.15, -0.1) is 5.10 Å². The minimum absolute atomic E-state index is 0.0800. The van der Waals surface area contributed by atoms with Crippen molar-refractivity contribution < 1.29 is 9.90 Å². The van der Waals surface area contributed by atoms with Crippen molar-refractivity contribution in [3.8, 4) is 0 Å². The molecular formula is C11H19N3O2. The molecule has 0 aliphatic carbocycles. The Bertz CT molecular complexity index is 377. The minimum Gasteiger partial charge on any atom is -0.476 e. The van der Waals surface area contributed by atoms with Gasteiger partial charge in [0.15, 0.2) is 5.69 Å². The van der Waals surface area contributed by atoms with E-state index in [4.69, 9.17) is 5.11 Å². The molecule has 90 valence electrons. The second-order valence-corrected chi connectivity index (χ2v) is 5.08. The summed E-state index contributed by atoms with van der Waals surface area (Å²) in [4.78, 5) is 10.9. The molecule has 0 saturated carbocycles. The van der Waals surface area contributed by atoms with Crippen molar-refractivity contribution in [2.75, 3.05) is 0 Å². The molecule has 0 aliphatic rings. The molecule has 1 rings (SSSR count). The maximum absolute atomic E-state index is 10.9. The Morgan fingerprint density at radius 1 is 1.44 bits per heavy atom. The van der Waals surface area contributed by atoms with Gasteiger partial charge < -0.3 is 5.11 Å². The molecule has 1 aromatic heterocycles. The Hall–Kier alpha value is -1.39. The fourth-order valence-corrected chi connectivity index (χ4v) is 1.47. The first-order chi connectivity index (χ1) is 7.35. The molecule has 1 N–H and O–H groups in total. The highest BCUT2D eigenvalue weighted by Gasteiger charge is 2.18. The second kappa shape index (κ2) is 4.63. The number of nitrogens with zero attached hydrogens (tertiary/aromatic N) is 3. The van der Waals surface area contributed by atoms with Crippen LogP contribution in [0.4, 0.5) is 0 Å². The number of hydrogen-bond acceptors (Lipinski definition) is 3. The zero-order valence-electron chi connectivity index (χ0n) is 10.3. The van der Waals surface area contributed by atoms with Crippen molar-refractivity contribution >= 4 is 5.97 Å². The lowest BCUT2D eigenvalue weighted by Gasteiger charge is -2.18. The van der Waals surface area contributed by atoms with Gasteiger partial charge in [-0.1, -0.05) is 32.9 Å². The first kappa shape index (κ1) is 12.7. The predicted octanol–water partition coefficient (Wildman–Crippen LogP) is 1.97. The van der Waals surface area contributed by atoms with Crippen LogP contribution in [0.3, 0.4) is 0 Å². The maximum atomic E-state index is 10.9. The molecule has 16 heavy (non-hydrogen) atoms. The van der Waals surface area contributed by atoms with Crippen LogP contribution in [0.1, 0.15) is 50.3 Å². The average Bonchev–Trinajstić information content (AvgIpc) is 2.56. The Kier molecular flexibility index (Phi) is 3.67. The van der Waals surface area contributed by atoms with Crippen LogP contribution in [0.5, 0.6) is 0 Å². The van der Waals surface area contributed by atoms with Crippen molar-refractivity contribution in [3.05, 3.63) is 11.4 Å². The normalized spacial score (nSPS) is 11.8. The number of hydrogen-bond donors (Lipinski definition) is 1. The van der Waals surface area contributed by atoms with Gasteiger partial charge in [0.25, 0.3) is 0 Å². The number of aromatic nitrogens is 3. The molecule has 0 fully saturated rings. The summed E-state index contributed by atoms with van der Waals surface area (Å²) in [6.07, 6.45) is 1.58. The monoisotopic (exact) mass is 225 g/mol. The summed E-state index contributed by atoms with van der Waals surface area (Å²) in [6, 6.07) is 0. The zero-order chi connectivity index (χ0) is 12.3. The van der Waals surface area contributed by atoms with E-state index < -0.39 is 5.97 Å². The van der Waals surface area contributed by atoms with E-state index in [1.165, 1.54) is 0 Å². The predicted molar refractivity (Wildman–Crippen MR) is 60.4 cm³/mol. The van der Waals surface area contributed by atoms with Gasteiger partial charge in [-0.3, -0.25) is 0 Å². The third-order valence-corrected chi connectivity index (χ3v) is 2.45. The molecule has 1 heterocycles. The summed E-state index contributed by atoms with van der Waals surface area (Å²) >= 11 is 0. The summed E-state index contributed by atoms with van der Waals surface area (Å²) in [5.41, 5.74) is 0.994. The van der Waals surface area contributed by atoms with Crippen molar-refractivity contribution in [1.29, 1.82) is 0 Å². The topological polar surface area (TPSA) is 68.0 Å². The maximum Gasteiger partial charge on any atom is 0.358 e. The van der Waals surface area contributed by atoms with Gasteiger partial charge in [-0.25, -0.2) is 9.48 Å². The smallest absolute Gasteiger partial charge is 0.358 e. The molecule has 0 bridgehead atoms. The zero-order valence-corrected chi connectivity index (χ0v) is 10.3. The van der Waals surface area contributed by atoms with E-state index in [-0.39, 0.29) is 11.1 Å². The molecule has 5 heteroatoms. The number of aromatic carboxylic acids is 1. The first-order valence-electron chi connectivity index (χ1n) is 5.51. The van der Waals surface area contributed by atoms with E-state index in [2.05, 4.69) is 31.1 Å². The molecule has 0 unspecified atom stereocenters. The highest BCUT2D eigenvalue weighted by molar-refractivity contribution is 5.86. The third-order valence-electron chi connectivity index (χ3n) is 2.45. The molecule has 0 amide bonds. The van der Waals surface area contributed by atoms with Crippen LogP contribution in [-0.4, -0.2) is 26.1 Å². The van der Waals surface area contributed by atoms with Gasteiger partial charge in [0, 0.05) is 6.54 Å². The fourth-order valence-electron chi connectivity index (χ4n) is 1.47.